The Morgan fingerprint density at radius 1 is 1.20 bits per heavy atom. The largest absolute Gasteiger partial charge is 0.493 e. The first kappa shape index (κ1) is 14.3. The maximum absolute atomic E-state index is 12.2. The topological polar surface area (TPSA) is 78.7 Å². The van der Waals surface area contributed by atoms with Gasteiger partial charge in [-0.25, -0.2) is 0 Å². The van der Waals surface area contributed by atoms with E-state index in [1.165, 1.54) is 20.3 Å². The van der Waals surface area contributed by atoms with Gasteiger partial charge in [-0.15, -0.1) is 0 Å². The fourth-order valence-corrected chi connectivity index (χ4v) is 2.71. The molecule has 108 valence electrons. The van der Waals surface area contributed by atoms with Gasteiger partial charge in [0.05, 0.1) is 14.2 Å². The summed E-state index contributed by atoms with van der Waals surface area (Å²) in [6.45, 7) is 0. The number of methoxy groups -OCH3 is 2. The molecule has 20 heavy (non-hydrogen) atoms. The molecule has 1 aromatic rings. The van der Waals surface area contributed by atoms with Crippen molar-refractivity contribution >= 4 is 5.78 Å². The number of nitrogens with zero attached hydrogens (tertiary/aromatic N) is 1. The predicted molar refractivity (Wildman–Crippen MR) is 71.7 cm³/mol. The van der Waals surface area contributed by atoms with E-state index in [0.717, 1.165) is 0 Å². The summed E-state index contributed by atoms with van der Waals surface area (Å²) in [5.41, 5.74) is -1.28. The van der Waals surface area contributed by atoms with Gasteiger partial charge in [0.25, 0.3) is 0 Å². The molecule has 6 nitrogen and oxygen atoms in total. The summed E-state index contributed by atoms with van der Waals surface area (Å²) in [6, 6.07) is 4.71. The second kappa shape index (κ2) is 5.48. The van der Waals surface area contributed by atoms with E-state index in [9.17, 15) is 14.9 Å². The van der Waals surface area contributed by atoms with E-state index in [1.807, 2.05) is 0 Å². The first-order valence-corrected chi connectivity index (χ1v) is 6.46. The highest BCUT2D eigenvalue weighted by Gasteiger charge is 2.53. The van der Waals surface area contributed by atoms with Crippen molar-refractivity contribution in [3.63, 3.8) is 0 Å². The van der Waals surface area contributed by atoms with Crippen molar-refractivity contribution in [3.8, 4) is 11.5 Å². The second-order valence-electron chi connectivity index (χ2n) is 4.82. The normalized spacial score (nSPS) is 22.4. The minimum Gasteiger partial charge on any atom is -0.493 e. The van der Waals surface area contributed by atoms with Gasteiger partial charge in [-0.1, -0.05) is 0 Å². The summed E-state index contributed by atoms with van der Waals surface area (Å²) in [5, 5.41) is 11.6. The third-order valence-corrected chi connectivity index (χ3v) is 3.83. The number of hydrogen-bond acceptors (Lipinski definition) is 5. The van der Waals surface area contributed by atoms with Crippen molar-refractivity contribution in [2.45, 2.75) is 31.2 Å². The van der Waals surface area contributed by atoms with E-state index < -0.39 is 10.5 Å². The molecule has 1 aliphatic carbocycles. The first-order chi connectivity index (χ1) is 9.56. The van der Waals surface area contributed by atoms with Gasteiger partial charge in [0.2, 0.25) is 5.78 Å². The Bertz CT molecular complexity index is 542. The minimum atomic E-state index is -1.64. The molecule has 1 unspecified atom stereocenters. The first-order valence-electron chi connectivity index (χ1n) is 6.46. The molecule has 0 heterocycles. The summed E-state index contributed by atoms with van der Waals surface area (Å²) in [6.07, 6.45) is 1.85. The third-order valence-electron chi connectivity index (χ3n) is 3.83. The summed E-state index contributed by atoms with van der Waals surface area (Å²) >= 11 is 0. The van der Waals surface area contributed by atoms with Crippen LogP contribution in [0.1, 0.15) is 31.2 Å². The molecule has 6 heteroatoms. The number of carbonyl (C=O) groups is 1. The number of ketones is 1. The second-order valence-corrected chi connectivity index (χ2v) is 4.82. The van der Waals surface area contributed by atoms with Crippen molar-refractivity contribution in [1.29, 1.82) is 0 Å². The van der Waals surface area contributed by atoms with Crippen molar-refractivity contribution < 1.29 is 19.2 Å². The Hall–Kier alpha value is -2.11. The Morgan fingerprint density at radius 2 is 1.90 bits per heavy atom. The van der Waals surface area contributed by atoms with E-state index in [1.54, 1.807) is 12.1 Å². The van der Waals surface area contributed by atoms with E-state index in [2.05, 4.69) is 0 Å². The van der Waals surface area contributed by atoms with E-state index in [-0.39, 0.29) is 18.6 Å². The van der Waals surface area contributed by atoms with Crippen LogP contribution in [0, 0.1) is 10.1 Å². The van der Waals surface area contributed by atoms with Gasteiger partial charge in [0, 0.05) is 23.3 Å². The molecule has 1 aromatic carbocycles. The maximum Gasteiger partial charge on any atom is 0.304 e. The minimum absolute atomic E-state index is 0.230. The van der Waals surface area contributed by atoms with Crippen molar-refractivity contribution in [3.05, 3.63) is 33.9 Å². The quantitative estimate of drug-likeness (QED) is 0.624. The zero-order valence-electron chi connectivity index (χ0n) is 11.5. The molecule has 1 atom stereocenters. The van der Waals surface area contributed by atoms with Crippen LogP contribution < -0.4 is 9.47 Å². The predicted octanol–water partition coefficient (Wildman–Crippen LogP) is 2.32. The smallest absolute Gasteiger partial charge is 0.304 e. The molecule has 1 fully saturated rings. The molecular weight excluding hydrogens is 262 g/mol. The van der Waals surface area contributed by atoms with Gasteiger partial charge in [0.15, 0.2) is 11.5 Å². The lowest BCUT2D eigenvalue weighted by atomic mass is 9.76. The van der Waals surface area contributed by atoms with Gasteiger partial charge in [-0.2, -0.15) is 0 Å². The van der Waals surface area contributed by atoms with Crippen LogP contribution >= 0.6 is 0 Å². The molecule has 0 saturated heterocycles. The van der Waals surface area contributed by atoms with E-state index in [4.69, 9.17) is 9.47 Å². The average Bonchev–Trinajstić information content (AvgIpc) is 2.46. The third kappa shape index (κ3) is 2.11. The Labute approximate surface area is 116 Å². The lowest BCUT2D eigenvalue weighted by molar-refractivity contribution is -0.563. The van der Waals surface area contributed by atoms with Gasteiger partial charge >= 0.3 is 5.54 Å². The van der Waals surface area contributed by atoms with Crippen LogP contribution in [0.4, 0.5) is 0 Å². The highest BCUT2D eigenvalue weighted by Crippen LogP contribution is 2.40. The molecule has 1 saturated carbocycles. The van der Waals surface area contributed by atoms with Gasteiger partial charge in [-0.05, 0) is 31.0 Å². The Balaban J connectivity index is 2.55. The number of nitro groups is 1. The zero-order chi connectivity index (χ0) is 14.8. The Morgan fingerprint density at radius 3 is 2.45 bits per heavy atom. The molecular formula is C14H17NO5. The number of hydrogen-bond donors (Lipinski definition) is 0. The van der Waals surface area contributed by atoms with Crippen LogP contribution in [-0.4, -0.2) is 24.9 Å². The van der Waals surface area contributed by atoms with Crippen LogP contribution in [0.3, 0.4) is 0 Å². The van der Waals surface area contributed by atoms with Crippen LogP contribution in [0.2, 0.25) is 0 Å². The van der Waals surface area contributed by atoms with Crippen LogP contribution in [0.5, 0.6) is 11.5 Å². The summed E-state index contributed by atoms with van der Waals surface area (Å²) in [5.74, 6) is 0.545. The van der Waals surface area contributed by atoms with E-state index >= 15 is 0 Å². The summed E-state index contributed by atoms with van der Waals surface area (Å²) in [4.78, 5) is 23.3. The van der Waals surface area contributed by atoms with Crippen molar-refractivity contribution in [2.24, 2.45) is 0 Å². The lowest BCUT2D eigenvalue weighted by Gasteiger charge is -2.28. The molecule has 0 radical (unpaired) electrons. The molecule has 0 bridgehead atoms. The van der Waals surface area contributed by atoms with E-state index in [0.29, 0.717) is 29.9 Å². The Kier molecular flexibility index (Phi) is 3.92. The fourth-order valence-electron chi connectivity index (χ4n) is 2.71. The van der Waals surface area contributed by atoms with Gasteiger partial charge in [0.1, 0.15) is 0 Å². The van der Waals surface area contributed by atoms with Crippen molar-refractivity contribution in [1.82, 2.24) is 0 Å². The average molecular weight is 279 g/mol. The number of ether oxygens (including phenoxy) is 2. The van der Waals surface area contributed by atoms with Crippen LogP contribution in [0.25, 0.3) is 0 Å². The highest BCUT2D eigenvalue weighted by molar-refractivity contribution is 5.89. The maximum atomic E-state index is 12.2. The monoisotopic (exact) mass is 279 g/mol. The van der Waals surface area contributed by atoms with Gasteiger partial charge < -0.3 is 9.47 Å². The number of rotatable bonds is 4. The molecule has 0 aliphatic heterocycles. The molecule has 1 aliphatic rings. The van der Waals surface area contributed by atoms with Crippen LogP contribution in [-0.2, 0) is 10.3 Å². The summed E-state index contributed by atoms with van der Waals surface area (Å²) < 4.78 is 10.3. The molecule has 0 amide bonds. The SMILES string of the molecule is COc1ccc(C2([N+](=O)[O-])CCCCC2=O)cc1OC. The zero-order valence-corrected chi connectivity index (χ0v) is 11.5. The summed E-state index contributed by atoms with van der Waals surface area (Å²) in [7, 11) is 2.95. The number of Topliss-reactive ketones (excluding diaryl/α,β-unsaturated/α-hetero) is 1. The number of benzene rings is 1. The highest BCUT2D eigenvalue weighted by atomic mass is 16.6. The molecule has 0 spiro atoms. The van der Waals surface area contributed by atoms with Gasteiger partial charge in [-0.3, -0.25) is 14.9 Å². The lowest BCUT2D eigenvalue weighted by Crippen LogP contribution is -2.45. The molecule has 2 rings (SSSR count). The molecule has 0 N–H and O–H groups in total. The van der Waals surface area contributed by atoms with Crippen molar-refractivity contribution in [2.75, 3.05) is 14.2 Å². The fraction of sp³-hybridized carbons (Fsp3) is 0.500. The van der Waals surface area contributed by atoms with Crippen LogP contribution in [0.15, 0.2) is 18.2 Å². The number of carbonyl (C=O) groups excluding carboxylic acids is 1. The standard InChI is InChI=1S/C14H17NO5/c1-19-11-7-6-10(9-12(11)20-2)14(15(17)18)8-4-3-5-13(14)16/h6-7,9H,3-5,8H2,1-2H3. The molecule has 0 aromatic heterocycles.